The molecule has 2 N–H and O–H groups in total. The van der Waals surface area contributed by atoms with Crippen LogP contribution in [0.1, 0.15) is 114 Å². The van der Waals surface area contributed by atoms with Gasteiger partial charge in [0, 0.05) is 49.7 Å². The number of carboxylic acids is 1. The third-order valence-electron chi connectivity index (χ3n) is 10.1. The Morgan fingerprint density at radius 1 is 1.04 bits per heavy atom. The summed E-state index contributed by atoms with van der Waals surface area (Å²) in [4.78, 5) is 73.8. The van der Waals surface area contributed by atoms with Gasteiger partial charge in [0.1, 0.15) is 10.7 Å². The highest BCUT2D eigenvalue weighted by Gasteiger charge is 2.37. The van der Waals surface area contributed by atoms with Crippen LogP contribution >= 0.6 is 11.3 Å². The number of hydrogen-bond donors (Lipinski definition) is 2. The predicted molar refractivity (Wildman–Crippen MR) is 198 cm³/mol. The maximum Gasteiger partial charge on any atom is 0.306 e. The lowest BCUT2D eigenvalue weighted by Gasteiger charge is -2.37. The van der Waals surface area contributed by atoms with Gasteiger partial charge >= 0.3 is 11.9 Å². The van der Waals surface area contributed by atoms with Gasteiger partial charge in [-0.05, 0) is 56.7 Å². The number of aromatic nitrogens is 1. The average molecular weight is 727 g/mol. The molecule has 282 valence electrons. The minimum absolute atomic E-state index is 0.0209. The first-order valence-corrected chi connectivity index (χ1v) is 19.2. The second-order valence-corrected chi connectivity index (χ2v) is 15.6. The Labute approximate surface area is 307 Å². The third kappa shape index (κ3) is 12.2. The second kappa shape index (κ2) is 19.8. The highest BCUT2D eigenvalue weighted by Crippen LogP contribution is 2.32. The van der Waals surface area contributed by atoms with E-state index in [1.807, 2.05) is 65.1 Å². The van der Waals surface area contributed by atoms with E-state index < -0.39 is 41.8 Å². The summed E-state index contributed by atoms with van der Waals surface area (Å²) in [5.74, 6) is -3.05. The number of likely N-dealkylation sites (tertiary alicyclic amines) is 1. The number of carbonyl (C=O) groups is 5. The molecule has 1 aliphatic heterocycles. The van der Waals surface area contributed by atoms with Crippen molar-refractivity contribution >= 4 is 40.9 Å². The van der Waals surface area contributed by atoms with E-state index in [1.165, 1.54) is 11.3 Å². The lowest BCUT2D eigenvalue weighted by atomic mass is 9.84. The van der Waals surface area contributed by atoms with Crippen LogP contribution in [0, 0.1) is 23.7 Å². The van der Waals surface area contributed by atoms with E-state index in [1.54, 1.807) is 31.2 Å². The average Bonchev–Trinajstić information content (AvgIpc) is 3.59. The lowest BCUT2D eigenvalue weighted by molar-refractivity contribution is -0.151. The van der Waals surface area contributed by atoms with Gasteiger partial charge in [0.2, 0.25) is 5.91 Å². The quantitative estimate of drug-likeness (QED) is 0.162. The van der Waals surface area contributed by atoms with Gasteiger partial charge in [0.05, 0.1) is 12.0 Å². The summed E-state index contributed by atoms with van der Waals surface area (Å²) in [5.41, 5.74) is 1.11. The van der Waals surface area contributed by atoms with Crippen molar-refractivity contribution in [2.24, 2.45) is 23.7 Å². The highest BCUT2D eigenvalue weighted by atomic mass is 32.1. The largest absolute Gasteiger partial charge is 0.481 e. The van der Waals surface area contributed by atoms with Crippen molar-refractivity contribution in [1.29, 1.82) is 0 Å². The minimum Gasteiger partial charge on any atom is -0.481 e. The molecule has 1 aliphatic rings. The number of thiazole rings is 1. The summed E-state index contributed by atoms with van der Waals surface area (Å²) in [6, 6.07) is 8.59. The number of benzene rings is 1. The number of nitrogens with one attached hydrogen (secondary N) is 1. The van der Waals surface area contributed by atoms with Crippen molar-refractivity contribution in [1.82, 2.24) is 20.1 Å². The first-order chi connectivity index (χ1) is 24.1. The molecule has 0 radical (unpaired) electrons. The smallest absolute Gasteiger partial charge is 0.306 e. The minimum atomic E-state index is -0.940. The fourth-order valence-electron chi connectivity index (χ4n) is 6.82. The molecule has 0 saturated carbocycles. The number of Topliss-reactive ketones (excluding diaryl/α,β-unsaturated/α-hetero) is 1. The summed E-state index contributed by atoms with van der Waals surface area (Å²) in [5, 5.41) is 14.6. The van der Waals surface area contributed by atoms with E-state index in [0.717, 1.165) is 31.4 Å². The summed E-state index contributed by atoms with van der Waals surface area (Å²) < 4.78 is 5.91. The number of aliphatic carboxylic acids is 1. The van der Waals surface area contributed by atoms with Crippen LogP contribution in [0.2, 0.25) is 0 Å². The van der Waals surface area contributed by atoms with Crippen LogP contribution in [0.15, 0.2) is 35.7 Å². The van der Waals surface area contributed by atoms with Crippen LogP contribution < -0.4 is 5.32 Å². The second-order valence-electron chi connectivity index (χ2n) is 14.7. The van der Waals surface area contributed by atoms with Crippen molar-refractivity contribution in [2.45, 2.75) is 117 Å². The van der Waals surface area contributed by atoms with Crippen molar-refractivity contribution in [2.75, 3.05) is 20.6 Å². The van der Waals surface area contributed by atoms with Crippen molar-refractivity contribution < 1.29 is 33.8 Å². The molecule has 2 amide bonds. The number of rotatable bonds is 19. The zero-order chi connectivity index (χ0) is 37.8. The fourth-order valence-corrected chi connectivity index (χ4v) is 7.66. The summed E-state index contributed by atoms with van der Waals surface area (Å²) in [6.07, 6.45) is 3.35. The van der Waals surface area contributed by atoms with E-state index in [4.69, 9.17) is 4.74 Å². The zero-order valence-corrected chi connectivity index (χ0v) is 32.4. The Hall–Kier alpha value is -3.64. The van der Waals surface area contributed by atoms with Crippen LogP contribution in [-0.2, 0) is 30.3 Å². The number of nitrogens with zero attached hydrogens (tertiary/aromatic N) is 3. The molecular weight excluding hydrogens is 669 g/mol. The lowest BCUT2D eigenvalue weighted by Crippen LogP contribution is -2.48. The predicted octanol–water partition coefficient (Wildman–Crippen LogP) is 6.18. The maximum absolute atomic E-state index is 14.1. The van der Waals surface area contributed by atoms with E-state index >= 15 is 0 Å². The first kappa shape index (κ1) is 41.8. The third-order valence-corrected chi connectivity index (χ3v) is 11.0. The van der Waals surface area contributed by atoms with E-state index in [-0.39, 0.29) is 67.0 Å². The Bertz CT molecular complexity index is 1460. The van der Waals surface area contributed by atoms with Gasteiger partial charge in [0.15, 0.2) is 11.9 Å². The zero-order valence-electron chi connectivity index (χ0n) is 31.6. The fraction of sp³-hybridized carbons (Fsp3) is 0.641. The Balaban J connectivity index is 1.81. The Kier molecular flexibility index (Phi) is 16.2. The molecule has 51 heavy (non-hydrogen) atoms. The molecule has 1 fully saturated rings. The highest BCUT2D eigenvalue weighted by molar-refractivity contribution is 7.09. The molecular formula is C39H58N4O7S. The number of esters is 1. The number of amides is 2. The van der Waals surface area contributed by atoms with Crippen LogP contribution in [0.4, 0.5) is 0 Å². The van der Waals surface area contributed by atoms with Crippen LogP contribution in [0.25, 0.3) is 0 Å². The first-order valence-electron chi connectivity index (χ1n) is 18.3. The molecule has 0 aliphatic carbocycles. The summed E-state index contributed by atoms with van der Waals surface area (Å²) in [7, 11) is 3.73. The number of carbonyl (C=O) groups excluding carboxylic acids is 4. The molecule has 0 spiro atoms. The molecule has 1 aromatic carbocycles. The SMILES string of the molecule is CCC(=O)O[C@H](C[C@H](C(C)C)N(C)C(=O)[C@@H](CC(=O)[C@H]1CCCCN1C)C(C)C)c1nc(C(=O)N[C@@H](Cc2ccccc2)C[C@H](C)C(=O)O)cs1. The number of piperidine rings is 1. The van der Waals surface area contributed by atoms with Crippen molar-refractivity contribution in [3.63, 3.8) is 0 Å². The molecule has 1 saturated heterocycles. The van der Waals surface area contributed by atoms with Crippen LogP contribution in [-0.4, -0.2) is 88.2 Å². The van der Waals surface area contributed by atoms with Crippen molar-refractivity contribution in [3.8, 4) is 0 Å². The molecule has 2 heterocycles. The van der Waals surface area contributed by atoms with Gasteiger partial charge in [0.25, 0.3) is 5.91 Å². The van der Waals surface area contributed by atoms with Gasteiger partial charge in [-0.25, -0.2) is 4.98 Å². The molecule has 0 unspecified atom stereocenters. The van der Waals surface area contributed by atoms with Gasteiger partial charge in [-0.3, -0.25) is 28.9 Å². The molecule has 6 atom stereocenters. The molecule has 0 bridgehead atoms. The van der Waals surface area contributed by atoms with Gasteiger partial charge in [-0.15, -0.1) is 11.3 Å². The monoisotopic (exact) mass is 726 g/mol. The molecule has 3 rings (SSSR count). The Morgan fingerprint density at radius 3 is 2.31 bits per heavy atom. The van der Waals surface area contributed by atoms with E-state index in [9.17, 15) is 29.1 Å². The number of hydrogen-bond acceptors (Lipinski definition) is 9. The van der Waals surface area contributed by atoms with Crippen LogP contribution in [0.3, 0.4) is 0 Å². The number of likely N-dealkylation sites (N-methyl/N-ethyl adjacent to an activating group) is 1. The molecule has 1 aromatic heterocycles. The standard InChI is InChI=1S/C39H58N4O7S/c1-9-35(45)50-34(22-32(25(4)5)43(8)38(47)29(24(2)3)21-33(44)31-17-13-14-18-42(31)7)37-41-30(23-51-37)36(46)40-28(19-26(6)39(48)49)20-27-15-11-10-12-16-27/h10-12,15-16,23-26,28-29,31-32,34H,9,13-14,17-22H2,1-8H3,(H,40,46)(H,48,49)/t26-,28+,29-,31+,32+,34+/m0/s1. The van der Waals surface area contributed by atoms with E-state index in [0.29, 0.717) is 11.4 Å². The van der Waals surface area contributed by atoms with Crippen molar-refractivity contribution in [3.05, 3.63) is 52.0 Å². The van der Waals surface area contributed by atoms with Crippen LogP contribution in [0.5, 0.6) is 0 Å². The molecule has 2 aromatic rings. The number of carboxylic acid groups (broad SMARTS) is 1. The number of ketones is 1. The summed E-state index contributed by atoms with van der Waals surface area (Å²) in [6.45, 7) is 12.1. The molecule has 11 nitrogen and oxygen atoms in total. The molecule has 12 heteroatoms. The maximum atomic E-state index is 14.1. The van der Waals surface area contributed by atoms with Gasteiger partial charge in [-0.1, -0.05) is 78.3 Å². The van der Waals surface area contributed by atoms with E-state index in [2.05, 4.69) is 15.2 Å². The normalized spacial score (nSPS) is 18.0. The van der Waals surface area contributed by atoms with Gasteiger partial charge in [-0.2, -0.15) is 0 Å². The Morgan fingerprint density at radius 2 is 1.73 bits per heavy atom. The number of ether oxygens (including phenoxy) is 1. The van der Waals surface area contributed by atoms with Gasteiger partial charge < -0.3 is 20.1 Å². The topological polar surface area (TPSA) is 146 Å². The summed E-state index contributed by atoms with van der Waals surface area (Å²) >= 11 is 1.20.